The van der Waals surface area contributed by atoms with Crippen LogP contribution in [-0.4, -0.2) is 40.2 Å². The molecule has 0 fully saturated rings. The van der Waals surface area contributed by atoms with Crippen LogP contribution in [0.2, 0.25) is 0 Å². The molecule has 0 amide bonds. The lowest BCUT2D eigenvalue weighted by molar-refractivity contribution is -0.141. The number of benzene rings is 2. The molecule has 1 unspecified atom stereocenters. The van der Waals surface area contributed by atoms with E-state index in [1.807, 2.05) is 0 Å². The maximum absolute atomic E-state index is 13.0. The van der Waals surface area contributed by atoms with Crippen LogP contribution in [0.3, 0.4) is 0 Å². The van der Waals surface area contributed by atoms with Crippen LogP contribution in [0.5, 0.6) is 17.2 Å². The molecule has 0 aromatic heterocycles. The van der Waals surface area contributed by atoms with Gasteiger partial charge in [-0.2, -0.15) is 0 Å². The zero-order chi connectivity index (χ0) is 18.4. The van der Waals surface area contributed by atoms with Crippen LogP contribution < -0.4 is 14.2 Å². The molecule has 0 aliphatic carbocycles. The lowest BCUT2D eigenvalue weighted by atomic mass is 9.90. The molecule has 0 N–H and O–H groups in total. The Balaban J connectivity index is 2.47. The highest BCUT2D eigenvalue weighted by molar-refractivity contribution is 6.13. The molecule has 2 aromatic rings. The fraction of sp³-hybridized carbons (Fsp3) is 0.263. The third kappa shape index (κ3) is 4.09. The number of methoxy groups -OCH3 is 4. The number of ether oxygens (including phenoxy) is 4. The van der Waals surface area contributed by atoms with Gasteiger partial charge in [0.05, 0.1) is 28.4 Å². The van der Waals surface area contributed by atoms with Gasteiger partial charge in [0.15, 0.2) is 5.78 Å². The van der Waals surface area contributed by atoms with Crippen molar-refractivity contribution in [3.63, 3.8) is 0 Å². The molecule has 1 atom stereocenters. The number of hydrogen-bond acceptors (Lipinski definition) is 6. The summed E-state index contributed by atoms with van der Waals surface area (Å²) >= 11 is 0. The van der Waals surface area contributed by atoms with E-state index in [-0.39, 0.29) is 0 Å². The van der Waals surface area contributed by atoms with E-state index in [1.165, 1.54) is 21.3 Å². The first kappa shape index (κ1) is 18.3. The molecule has 2 aromatic carbocycles. The Morgan fingerprint density at radius 3 is 1.72 bits per heavy atom. The number of carbonyl (C=O) groups excluding carboxylic acids is 2. The van der Waals surface area contributed by atoms with Crippen molar-refractivity contribution in [2.75, 3.05) is 28.4 Å². The van der Waals surface area contributed by atoms with E-state index in [2.05, 4.69) is 0 Å². The summed E-state index contributed by atoms with van der Waals surface area (Å²) in [4.78, 5) is 25.2. The quantitative estimate of drug-likeness (QED) is 0.437. The van der Waals surface area contributed by atoms with Gasteiger partial charge in [0.1, 0.15) is 23.2 Å². The average Bonchev–Trinajstić information content (AvgIpc) is 2.67. The van der Waals surface area contributed by atoms with Gasteiger partial charge in [0, 0.05) is 11.6 Å². The second kappa shape index (κ2) is 8.19. The normalized spacial score (nSPS) is 11.4. The molecule has 6 heteroatoms. The van der Waals surface area contributed by atoms with E-state index >= 15 is 0 Å². The van der Waals surface area contributed by atoms with Gasteiger partial charge in [-0.05, 0) is 29.8 Å². The summed E-state index contributed by atoms with van der Waals surface area (Å²) in [6, 6.07) is 11.5. The summed E-state index contributed by atoms with van der Waals surface area (Å²) in [5, 5.41) is 0. The van der Waals surface area contributed by atoms with Gasteiger partial charge in [0.2, 0.25) is 0 Å². The molecule has 0 saturated heterocycles. The molecule has 25 heavy (non-hydrogen) atoms. The van der Waals surface area contributed by atoms with Crippen LogP contribution in [0.4, 0.5) is 0 Å². The average molecular weight is 344 g/mol. The van der Waals surface area contributed by atoms with Gasteiger partial charge in [-0.25, -0.2) is 0 Å². The Kier molecular flexibility index (Phi) is 6.00. The molecule has 0 saturated carbocycles. The SMILES string of the molecule is COC(=O)C(C(=O)c1cc(OC)cc(OC)c1)c1ccc(OC)cc1. The highest BCUT2D eigenvalue weighted by Gasteiger charge is 2.31. The van der Waals surface area contributed by atoms with Crippen molar-refractivity contribution in [2.45, 2.75) is 5.92 Å². The number of hydrogen-bond donors (Lipinski definition) is 0. The second-order valence-corrected chi connectivity index (χ2v) is 5.19. The minimum absolute atomic E-state index is 0.294. The van der Waals surface area contributed by atoms with Crippen molar-refractivity contribution >= 4 is 11.8 Å². The number of esters is 1. The first-order chi connectivity index (χ1) is 12.0. The summed E-state index contributed by atoms with van der Waals surface area (Å²) in [5.74, 6) is -0.594. The summed E-state index contributed by atoms with van der Waals surface area (Å²) in [7, 11) is 5.77. The number of rotatable bonds is 7. The largest absolute Gasteiger partial charge is 0.497 e. The second-order valence-electron chi connectivity index (χ2n) is 5.19. The van der Waals surface area contributed by atoms with Crippen molar-refractivity contribution in [2.24, 2.45) is 0 Å². The van der Waals surface area contributed by atoms with Crippen LogP contribution >= 0.6 is 0 Å². The standard InChI is InChI=1S/C19H20O6/c1-22-14-7-5-12(6-8-14)17(19(21)25-4)18(20)13-9-15(23-2)11-16(10-13)24-3/h5-11,17H,1-4H3. The summed E-state index contributed by atoms with van der Waals surface area (Å²) in [6.07, 6.45) is 0. The van der Waals surface area contributed by atoms with Crippen molar-refractivity contribution in [1.82, 2.24) is 0 Å². The smallest absolute Gasteiger partial charge is 0.321 e. The van der Waals surface area contributed by atoms with Crippen LogP contribution in [0.15, 0.2) is 42.5 Å². The lowest BCUT2D eigenvalue weighted by Gasteiger charge is -2.16. The zero-order valence-corrected chi connectivity index (χ0v) is 14.6. The molecule has 0 heterocycles. The van der Waals surface area contributed by atoms with Crippen molar-refractivity contribution in [3.05, 3.63) is 53.6 Å². The van der Waals surface area contributed by atoms with Gasteiger partial charge in [-0.15, -0.1) is 0 Å². The molecule has 0 radical (unpaired) electrons. The molecule has 132 valence electrons. The van der Waals surface area contributed by atoms with E-state index in [4.69, 9.17) is 18.9 Å². The maximum atomic E-state index is 13.0. The van der Waals surface area contributed by atoms with Crippen LogP contribution in [0.25, 0.3) is 0 Å². The lowest BCUT2D eigenvalue weighted by Crippen LogP contribution is -2.23. The molecule has 6 nitrogen and oxygen atoms in total. The number of carbonyl (C=O) groups is 2. The van der Waals surface area contributed by atoms with Crippen LogP contribution in [0.1, 0.15) is 21.8 Å². The Bertz CT molecular complexity index is 729. The van der Waals surface area contributed by atoms with Crippen molar-refractivity contribution < 1.29 is 28.5 Å². The minimum Gasteiger partial charge on any atom is -0.497 e. The molecule has 2 rings (SSSR count). The Hall–Kier alpha value is -3.02. The van der Waals surface area contributed by atoms with E-state index in [1.54, 1.807) is 49.6 Å². The first-order valence-corrected chi connectivity index (χ1v) is 7.53. The van der Waals surface area contributed by atoms with E-state index in [0.29, 0.717) is 28.4 Å². The number of ketones is 1. The fourth-order valence-electron chi connectivity index (χ4n) is 2.43. The topological polar surface area (TPSA) is 71.1 Å². The zero-order valence-electron chi connectivity index (χ0n) is 14.6. The summed E-state index contributed by atoms with van der Waals surface area (Å²) in [5.41, 5.74) is 0.807. The van der Waals surface area contributed by atoms with Crippen molar-refractivity contribution in [3.8, 4) is 17.2 Å². The third-order valence-corrected chi connectivity index (χ3v) is 3.78. The summed E-state index contributed by atoms with van der Waals surface area (Å²) in [6.45, 7) is 0. The predicted octanol–water partition coefficient (Wildman–Crippen LogP) is 2.85. The van der Waals surface area contributed by atoms with Gasteiger partial charge < -0.3 is 18.9 Å². The van der Waals surface area contributed by atoms with Gasteiger partial charge in [0.25, 0.3) is 0 Å². The monoisotopic (exact) mass is 344 g/mol. The van der Waals surface area contributed by atoms with Crippen molar-refractivity contribution in [1.29, 1.82) is 0 Å². The van der Waals surface area contributed by atoms with E-state index in [9.17, 15) is 9.59 Å². The third-order valence-electron chi connectivity index (χ3n) is 3.78. The maximum Gasteiger partial charge on any atom is 0.321 e. The first-order valence-electron chi connectivity index (χ1n) is 7.53. The van der Waals surface area contributed by atoms with Crippen LogP contribution in [0, 0.1) is 0 Å². The molecule has 0 spiro atoms. The highest BCUT2D eigenvalue weighted by atomic mass is 16.5. The summed E-state index contributed by atoms with van der Waals surface area (Å²) < 4.78 is 20.3. The van der Waals surface area contributed by atoms with E-state index in [0.717, 1.165) is 0 Å². The minimum atomic E-state index is -1.09. The van der Waals surface area contributed by atoms with E-state index < -0.39 is 17.7 Å². The number of Topliss-reactive ketones (excluding diaryl/α,β-unsaturated/α-hetero) is 1. The molecule has 0 aliphatic heterocycles. The molecule has 0 aliphatic rings. The Morgan fingerprint density at radius 1 is 0.760 bits per heavy atom. The molecular formula is C19H20O6. The fourth-order valence-corrected chi connectivity index (χ4v) is 2.43. The van der Waals surface area contributed by atoms with Gasteiger partial charge in [-0.3, -0.25) is 9.59 Å². The predicted molar refractivity (Wildman–Crippen MR) is 91.6 cm³/mol. The molecule has 0 bridgehead atoms. The Labute approximate surface area is 146 Å². The van der Waals surface area contributed by atoms with Gasteiger partial charge >= 0.3 is 5.97 Å². The highest BCUT2D eigenvalue weighted by Crippen LogP contribution is 2.29. The molecular weight excluding hydrogens is 324 g/mol. The Morgan fingerprint density at radius 2 is 1.28 bits per heavy atom. The van der Waals surface area contributed by atoms with Gasteiger partial charge in [-0.1, -0.05) is 12.1 Å². The van der Waals surface area contributed by atoms with Crippen LogP contribution in [-0.2, 0) is 9.53 Å².